The van der Waals surface area contributed by atoms with Crippen molar-refractivity contribution < 1.29 is 22.0 Å². The van der Waals surface area contributed by atoms with Crippen LogP contribution in [-0.2, 0) is 14.6 Å². The fourth-order valence-electron chi connectivity index (χ4n) is 4.29. The lowest BCUT2D eigenvalue weighted by Gasteiger charge is -2.39. The Hall–Kier alpha value is -3.14. The molecule has 1 aliphatic heterocycles. The molecule has 0 aromatic heterocycles. The van der Waals surface area contributed by atoms with E-state index in [1.54, 1.807) is 36.4 Å². The number of carbonyl (C=O) groups excluding carboxylic acids is 1. The fraction of sp³-hybridized carbons (Fsp3) is 0.269. The first-order chi connectivity index (χ1) is 16.7. The minimum absolute atomic E-state index is 0.150. The molecule has 35 heavy (non-hydrogen) atoms. The van der Waals surface area contributed by atoms with Crippen LogP contribution in [0.3, 0.4) is 0 Å². The zero-order valence-electron chi connectivity index (χ0n) is 19.3. The number of hydrogen-bond donors (Lipinski definition) is 1. The lowest BCUT2D eigenvalue weighted by molar-refractivity contribution is -0.117. The third-order valence-corrected chi connectivity index (χ3v) is 7.17. The largest absolute Gasteiger partial charge is 0.325 e. The van der Waals surface area contributed by atoms with Gasteiger partial charge in [0, 0.05) is 38.1 Å². The summed E-state index contributed by atoms with van der Waals surface area (Å²) in [5, 5.41) is 2.77. The molecular formula is C26H27F2N3O3S. The average Bonchev–Trinajstić information content (AvgIpc) is 2.82. The maximum Gasteiger partial charge on any atom is 0.238 e. The molecule has 0 bridgehead atoms. The van der Waals surface area contributed by atoms with Crippen molar-refractivity contribution in [1.29, 1.82) is 0 Å². The number of amides is 1. The number of piperazine rings is 1. The van der Waals surface area contributed by atoms with Gasteiger partial charge in [-0.2, -0.15) is 0 Å². The van der Waals surface area contributed by atoms with E-state index in [2.05, 4.69) is 10.2 Å². The average molecular weight is 500 g/mol. The van der Waals surface area contributed by atoms with Gasteiger partial charge in [-0.15, -0.1) is 0 Å². The van der Waals surface area contributed by atoms with Gasteiger partial charge >= 0.3 is 0 Å². The van der Waals surface area contributed by atoms with E-state index in [1.807, 2.05) is 4.90 Å². The van der Waals surface area contributed by atoms with Crippen molar-refractivity contribution in [1.82, 2.24) is 9.80 Å². The lowest BCUT2D eigenvalue weighted by Crippen LogP contribution is -2.49. The van der Waals surface area contributed by atoms with Crippen molar-refractivity contribution in [2.45, 2.75) is 10.9 Å². The quantitative estimate of drug-likeness (QED) is 0.537. The van der Waals surface area contributed by atoms with Gasteiger partial charge in [-0.1, -0.05) is 30.3 Å². The summed E-state index contributed by atoms with van der Waals surface area (Å²) in [6.07, 6.45) is 1.12. The van der Waals surface area contributed by atoms with Gasteiger partial charge in [0.2, 0.25) is 5.91 Å². The van der Waals surface area contributed by atoms with E-state index in [0.717, 1.165) is 17.4 Å². The van der Waals surface area contributed by atoms with Crippen LogP contribution in [0, 0.1) is 11.6 Å². The van der Waals surface area contributed by atoms with Gasteiger partial charge in [-0.3, -0.25) is 14.6 Å². The number of benzene rings is 3. The highest BCUT2D eigenvalue weighted by Crippen LogP contribution is 2.30. The SMILES string of the molecule is CS(=O)(=O)c1cccc(NC(=O)CN2CCN(C(c3ccc(F)cc3)c3ccc(F)cc3)CC2)c1. The number of anilines is 1. The first-order valence-electron chi connectivity index (χ1n) is 11.3. The summed E-state index contributed by atoms with van der Waals surface area (Å²) in [6, 6.07) is 18.7. The Kier molecular flexibility index (Phi) is 7.59. The Balaban J connectivity index is 1.40. The van der Waals surface area contributed by atoms with Gasteiger partial charge in [0.25, 0.3) is 0 Å². The van der Waals surface area contributed by atoms with Crippen molar-refractivity contribution in [2.75, 3.05) is 44.3 Å². The molecule has 4 rings (SSSR count). The summed E-state index contributed by atoms with van der Waals surface area (Å²) in [5.41, 5.74) is 2.26. The Morgan fingerprint density at radius 1 is 0.886 bits per heavy atom. The van der Waals surface area contributed by atoms with E-state index in [-0.39, 0.29) is 35.0 Å². The molecule has 0 radical (unpaired) electrons. The molecule has 0 spiro atoms. The second-order valence-corrected chi connectivity index (χ2v) is 10.7. The van der Waals surface area contributed by atoms with Gasteiger partial charge in [0.1, 0.15) is 11.6 Å². The van der Waals surface area contributed by atoms with E-state index >= 15 is 0 Å². The minimum Gasteiger partial charge on any atom is -0.325 e. The maximum absolute atomic E-state index is 13.5. The predicted octanol–water partition coefficient (Wildman–Crippen LogP) is 3.71. The van der Waals surface area contributed by atoms with E-state index in [4.69, 9.17) is 0 Å². The molecule has 1 aliphatic rings. The number of halogens is 2. The van der Waals surface area contributed by atoms with E-state index in [9.17, 15) is 22.0 Å². The van der Waals surface area contributed by atoms with Crippen molar-refractivity contribution in [3.63, 3.8) is 0 Å². The summed E-state index contributed by atoms with van der Waals surface area (Å²) in [7, 11) is -3.36. The molecule has 1 heterocycles. The Labute approximate surface area is 204 Å². The Bertz CT molecular complexity index is 1230. The molecular weight excluding hydrogens is 472 g/mol. The van der Waals surface area contributed by atoms with Crippen LogP contribution < -0.4 is 5.32 Å². The highest BCUT2D eigenvalue weighted by molar-refractivity contribution is 7.90. The van der Waals surface area contributed by atoms with E-state index < -0.39 is 9.84 Å². The summed E-state index contributed by atoms with van der Waals surface area (Å²) >= 11 is 0. The normalized spacial score (nSPS) is 15.3. The van der Waals surface area contributed by atoms with Crippen molar-refractivity contribution >= 4 is 21.4 Å². The number of carbonyl (C=O) groups is 1. The van der Waals surface area contributed by atoms with Crippen LogP contribution >= 0.6 is 0 Å². The highest BCUT2D eigenvalue weighted by Gasteiger charge is 2.27. The molecule has 0 aliphatic carbocycles. The van der Waals surface area contributed by atoms with Gasteiger partial charge < -0.3 is 5.32 Å². The molecule has 9 heteroatoms. The molecule has 1 saturated heterocycles. The Morgan fingerprint density at radius 2 is 1.43 bits per heavy atom. The molecule has 0 saturated carbocycles. The van der Waals surface area contributed by atoms with Crippen molar-refractivity contribution in [2.24, 2.45) is 0 Å². The van der Waals surface area contributed by atoms with Gasteiger partial charge in [-0.25, -0.2) is 17.2 Å². The third-order valence-electron chi connectivity index (χ3n) is 6.06. The lowest BCUT2D eigenvalue weighted by atomic mass is 9.96. The van der Waals surface area contributed by atoms with Crippen LogP contribution in [0.5, 0.6) is 0 Å². The number of nitrogens with zero attached hydrogens (tertiary/aromatic N) is 2. The van der Waals surface area contributed by atoms with Crippen LogP contribution in [0.25, 0.3) is 0 Å². The van der Waals surface area contributed by atoms with Crippen molar-refractivity contribution in [3.05, 3.63) is 95.6 Å². The monoisotopic (exact) mass is 499 g/mol. The van der Waals surface area contributed by atoms with Crippen LogP contribution in [0.2, 0.25) is 0 Å². The standard InChI is InChI=1S/C26H27F2N3O3S/c1-35(33,34)24-4-2-3-23(17-24)29-25(32)18-30-13-15-31(16-14-30)26(19-5-9-21(27)10-6-19)20-7-11-22(28)12-8-20/h2-12,17,26H,13-16,18H2,1H3,(H,29,32). The first-order valence-corrected chi connectivity index (χ1v) is 13.2. The molecule has 1 N–H and O–H groups in total. The number of hydrogen-bond acceptors (Lipinski definition) is 5. The number of nitrogens with one attached hydrogen (secondary N) is 1. The van der Waals surface area contributed by atoms with Crippen LogP contribution in [0.15, 0.2) is 77.7 Å². The van der Waals surface area contributed by atoms with E-state index in [1.165, 1.54) is 36.4 Å². The topological polar surface area (TPSA) is 69.7 Å². The molecule has 184 valence electrons. The maximum atomic E-state index is 13.5. The van der Waals surface area contributed by atoms with Crippen LogP contribution in [0.4, 0.5) is 14.5 Å². The molecule has 1 fully saturated rings. The van der Waals surface area contributed by atoms with Crippen LogP contribution in [0.1, 0.15) is 17.2 Å². The zero-order chi connectivity index (χ0) is 25.0. The molecule has 0 unspecified atom stereocenters. The third kappa shape index (κ3) is 6.50. The second-order valence-electron chi connectivity index (χ2n) is 8.67. The smallest absolute Gasteiger partial charge is 0.238 e. The minimum atomic E-state index is -3.36. The summed E-state index contributed by atoms with van der Waals surface area (Å²) in [4.78, 5) is 17.0. The fourth-order valence-corrected chi connectivity index (χ4v) is 4.96. The highest BCUT2D eigenvalue weighted by atomic mass is 32.2. The summed E-state index contributed by atoms with van der Waals surface area (Å²) in [6.45, 7) is 2.77. The number of rotatable bonds is 7. The van der Waals surface area contributed by atoms with Gasteiger partial charge in [0.05, 0.1) is 17.5 Å². The summed E-state index contributed by atoms with van der Waals surface area (Å²) in [5.74, 6) is -0.855. The van der Waals surface area contributed by atoms with E-state index in [0.29, 0.717) is 31.9 Å². The van der Waals surface area contributed by atoms with Gasteiger partial charge in [-0.05, 0) is 53.6 Å². The predicted molar refractivity (Wildman–Crippen MR) is 131 cm³/mol. The Morgan fingerprint density at radius 3 is 1.94 bits per heavy atom. The second kappa shape index (κ2) is 10.6. The molecule has 1 amide bonds. The summed E-state index contributed by atoms with van der Waals surface area (Å²) < 4.78 is 50.5. The van der Waals surface area contributed by atoms with Crippen LogP contribution in [-0.4, -0.2) is 63.1 Å². The zero-order valence-corrected chi connectivity index (χ0v) is 20.1. The number of sulfone groups is 1. The molecule has 0 atom stereocenters. The molecule has 3 aromatic carbocycles. The first kappa shape index (κ1) is 25.0. The molecule has 6 nitrogen and oxygen atoms in total. The molecule has 3 aromatic rings. The van der Waals surface area contributed by atoms with Crippen molar-refractivity contribution in [3.8, 4) is 0 Å². The van der Waals surface area contributed by atoms with Gasteiger partial charge in [0.15, 0.2) is 9.84 Å².